The van der Waals surface area contributed by atoms with Gasteiger partial charge in [0.25, 0.3) is 0 Å². The van der Waals surface area contributed by atoms with Gasteiger partial charge in [-0.2, -0.15) is 0 Å². The van der Waals surface area contributed by atoms with E-state index in [0.717, 1.165) is 5.75 Å². The van der Waals surface area contributed by atoms with Gasteiger partial charge >= 0.3 is 0 Å². The Labute approximate surface area is 106 Å². The van der Waals surface area contributed by atoms with E-state index >= 15 is 0 Å². The molecular weight excluding hydrogens is 228 g/mol. The van der Waals surface area contributed by atoms with Crippen LogP contribution < -0.4 is 5.73 Å². The van der Waals surface area contributed by atoms with Crippen molar-refractivity contribution < 1.29 is 0 Å². The maximum Gasteiger partial charge on any atom is 0.123 e. The summed E-state index contributed by atoms with van der Waals surface area (Å²) in [5.41, 5.74) is 9.39. The van der Waals surface area contributed by atoms with E-state index in [-0.39, 0.29) is 0 Å². The normalized spacial score (nSPS) is 10.5. The van der Waals surface area contributed by atoms with Gasteiger partial charge in [0.2, 0.25) is 0 Å². The zero-order valence-electron chi connectivity index (χ0n) is 10.1. The number of benzene rings is 1. The fourth-order valence-corrected chi connectivity index (χ4v) is 2.59. The highest BCUT2D eigenvalue weighted by Gasteiger charge is 2.00. The van der Waals surface area contributed by atoms with Crippen molar-refractivity contribution in [1.82, 2.24) is 4.98 Å². The molecule has 0 aliphatic heterocycles. The second-order valence-electron chi connectivity index (χ2n) is 4.15. The summed E-state index contributed by atoms with van der Waals surface area (Å²) in [6.45, 7) is 4.27. The molecule has 1 aromatic heterocycles. The van der Waals surface area contributed by atoms with Crippen LogP contribution in [0.2, 0.25) is 0 Å². The molecule has 2 nitrogen and oxygen atoms in total. The Hall–Kier alpha value is -1.48. The largest absolute Gasteiger partial charge is 0.384 e. The molecule has 0 atom stereocenters. The minimum atomic E-state index is 0.574. The number of aryl methyl sites for hydroxylation is 2. The maximum absolute atomic E-state index is 5.56. The SMILES string of the molecule is Cc1ccc(SCc2ccc(N)nc2)c(C)c1. The van der Waals surface area contributed by atoms with Crippen molar-refractivity contribution >= 4 is 17.6 Å². The second kappa shape index (κ2) is 5.23. The van der Waals surface area contributed by atoms with E-state index in [1.54, 1.807) is 0 Å². The van der Waals surface area contributed by atoms with Crippen molar-refractivity contribution in [1.29, 1.82) is 0 Å². The molecule has 0 radical (unpaired) electrons. The molecule has 0 amide bonds. The lowest BCUT2D eigenvalue weighted by molar-refractivity contribution is 1.23. The molecular formula is C14H16N2S. The Bertz CT molecular complexity index is 506. The Morgan fingerprint density at radius 1 is 1.18 bits per heavy atom. The molecule has 1 aromatic carbocycles. The highest BCUT2D eigenvalue weighted by atomic mass is 32.2. The number of thioether (sulfide) groups is 1. The Morgan fingerprint density at radius 3 is 2.65 bits per heavy atom. The molecule has 17 heavy (non-hydrogen) atoms. The zero-order chi connectivity index (χ0) is 12.3. The quantitative estimate of drug-likeness (QED) is 0.839. The van der Waals surface area contributed by atoms with Crippen LogP contribution in [-0.4, -0.2) is 4.98 Å². The third-order valence-corrected chi connectivity index (χ3v) is 3.82. The predicted octanol–water partition coefficient (Wildman–Crippen LogP) is 3.57. The first-order chi connectivity index (χ1) is 8.15. The van der Waals surface area contributed by atoms with Gasteiger partial charge in [-0.05, 0) is 37.1 Å². The third-order valence-electron chi connectivity index (χ3n) is 2.57. The molecule has 0 fully saturated rings. The van der Waals surface area contributed by atoms with Crippen LogP contribution in [-0.2, 0) is 5.75 Å². The Balaban J connectivity index is 2.04. The number of rotatable bonds is 3. The lowest BCUT2D eigenvalue weighted by Gasteiger charge is -2.06. The minimum absolute atomic E-state index is 0.574. The average molecular weight is 244 g/mol. The summed E-state index contributed by atoms with van der Waals surface area (Å²) in [6.07, 6.45) is 1.84. The van der Waals surface area contributed by atoms with Crippen molar-refractivity contribution in [3.63, 3.8) is 0 Å². The summed E-state index contributed by atoms with van der Waals surface area (Å²) in [4.78, 5) is 5.42. The number of aromatic nitrogens is 1. The molecule has 0 aliphatic rings. The van der Waals surface area contributed by atoms with Gasteiger partial charge in [0.15, 0.2) is 0 Å². The minimum Gasteiger partial charge on any atom is -0.384 e. The molecule has 0 bridgehead atoms. The number of nitrogens with two attached hydrogens (primary N) is 1. The van der Waals surface area contributed by atoms with Crippen LogP contribution in [0.5, 0.6) is 0 Å². The van der Waals surface area contributed by atoms with E-state index in [2.05, 4.69) is 37.0 Å². The van der Waals surface area contributed by atoms with Crippen LogP contribution in [0.15, 0.2) is 41.4 Å². The van der Waals surface area contributed by atoms with E-state index < -0.39 is 0 Å². The van der Waals surface area contributed by atoms with E-state index in [1.807, 2.05) is 30.1 Å². The molecule has 3 heteroatoms. The van der Waals surface area contributed by atoms with Crippen LogP contribution in [0.4, 0.5) is 5.82 Å². The number of hydrogen-bond acceptors (Lipinski definition) is 3. The first kappa shape index (κ1) is 12.0. The maximum atomic E-state index is 5.56. The summed E-state index contributed by atoms with van der Waals surface area (Å²) in [6, 6.07) is 10.4. The molecule has 2 aromatic rings. The number of anilines is 1. The van der Waals surface area contributed by atoms with Gasteiger partial charge in [0.05, 0.1) is 0 Å². The van der Waals surface area contributed by atoms with Crippen LogP contribution in [0.1, 0.15) is 16.7 Å². The second-order valence-corrected chi connectivity index (χ2v) is 5.17. The van der Waals surface area contributed by atoms with Gasteiger partial charge in [-0.25, -0.2) is 4.98 Å². The van der Waals surface area contributed by atoms with Gasteiger partial charge in [-0.15, -0.1) is 11.8 Å². The van der Waals surface area contributed by atoms with E-state index in [9.17, 15) is 0 Å². The fourth-order valence-electron chi connectivity index (χ4n) is 1.64. The number of pyridine rings is 1. The molecule has 0 aliphatic carbocycles. The molecule has 0 unspecified atom stereocenters. The third kappa shape index (κ3) is 3.24. The monoisotopic (exact) mass is 244 g/mol. The predicted molar refractivity (Wildman–Crippen MR) is 74.1 cm³/mol. The van der Waals surface area contributed by atoms with Crippen LogP contribution in [0, 0.1) is 13.8 Å². The molecule has 88 valence electrons. The Kier molecular flexibility index (Phi) is 3.69. The lowest BCUT2D eigenvalue weighted by Crippen LogP contribution is -1.90. The molecule has 0 spiro atoms. The topological polar surface area (TPSA) is 38.9 Å². The summed E-state index contributed by atoms with van der Waals surface area (Å²) in [7, 11) is 0. The summed E-state index contributed by atoms with van der Waals surface area (Å²) < 4.78 is 0. The van der Waals surface area contributed by atoms with Gasteiger partial charge in [0, 0.05) is 16.8 Å². The lowest BCUT2D eigenvalue weighted by atomic mass is 10.2. The number of nitrogens with zero attached hydrogens (tertiary/aromatic N) is 1. The highest BCUT2D eigenvalue weighted by molar-refractivity contribution is 7.98. The Morgan fingerprint density at radius 2 is 2.00 bits per heavy atom. The van der Waals surface area contributed by atoms with Gasteiger partial charge < -0.3 is 5.73 Å². The van der Waals surface area contributed by atoms with Crippen molar-refractivity contribution in [2.24, 2.45) is 0 Å². The van der Waals surface area contributed by atoms with Crippen LogP contribution in [0.25, 0.3) is 0 Å². The molecule has 2 rings (SSSR count). The van der Waals surface area contributed by atoms with Crippen molar-refractivity contribution in [3.05, 3.63) is 53.2 Å². The van der Waals surface area contributed by atoms with E-state index in [4.69, 9.17) is 5.73 Å². The van der Waals surface area contributed by atoms with Crippen molar-refractivity contribution in [3.8, 4) is 0 Å². The molecule has 0 saturated heterocycles. The standard InChI is InChI=1S/C14H16N2S/c1-10-3-5-13(11(2)7-10)17-9-12-4-6-14(15)16-8-12/h3-8H,9H2,1-2H3,(H2,15,16). The molecule has 2 N–H and O–H groups in total. The summed E-state index contributed by atoms with van der Waals surface area (Å²) in [5.74, 6) is 1.50. The summed E-state index contributed by atoms with van der Waals surface area (Å²) in [5, 5.41) is 0. The zero-order valence-corrected chi connectivity index (χ0v) is 10.9. The first-order valence-electron chi connectivity index (χ1n) is 5.55. The highest BCUT2D eigenvalue weighted by Crippen LogP contribution is 2.26. The number of hydrogen-bond donors (Lipinski definition) is 1. The molecule has 0 saturated carbocycles. The van der Waals surface area contributed by atoms with Crippen molar-refractivity contribution in [2.75, 3.05) is 5.73 Å². The van der Waals surface area contributed by atoms with Gasteiger partial charge in [-0.1, -0.05) is 23.8 Å². The van der Waals surface area contributed by atoms with Gasteiger partial charge in [0.1, 0.15) is 5.82 Å². The summed E-state index contributed by atoms with van der Waals surface area (Å²) >= 11 is 1.83. The van der Waals surface area contributed by atoms with Crippen molar-refractivity contribution in [2.45, 2.75) is 24.5 Å². The van der Waals surface area contributed by atoms with E-state index in [1.165, 1.54) is 21.6 Å². The van der Waals surface area contributed by atoms with Crippen LogP contribution in [0.3, 0.4) is 0 Å². The smallest absolute Gasteiger partial charge is 0.123 e. The van der Waals surface area contributed by atoms with Crippen LogP contribution >= 0.6 is 11.8 Å². The van der Waals surface area contributed by atoms with E-state index in [0.29, 0.717) is 5.82 Å². The average Bonchev–Trinajstić information content (AvgIpc) is 2.30. The number of nitrogen functional groups attached to an aromatic ring is 1. The van der Waals surface area contributed by atoms with Gasteiger partial charge in [-0.3, -0.25) is 0 Å². The fraction of sp³-hybridized carbons (Fsp3) is 0.214. The first-order valence-corrected chi connectivity index (χ1v) is 6.54. The molecule has 1 heterocycles.